The van der Waals surface area contributed by atoms with Crippen LogP contribution in [-0.2, 0) is 9.31 Å². The zero-order chi connectivity index (χ0) is 16.0. The first kappa shape index (κ1) is 16.1. The monoisotopic (exact) mass is 296 g/mol. The second kappa shape index (κ2) is 5.18. The number of benzene rings is 1. The van der Waals surface area contributed by atoms with Gasteiger partial charge in [0.1, 0.15) is 5.75 Å². The quantitative estimate of drug-likeness (QED) is 0.803. The summed E-state index contributed by atoms with van der Waals surface area (Å²) in [5.41, 5.74) is -0.170. The Balaban J connectivity index is 2.51. The van der Waals surface area contributed by atoms with Gasteiger partial charge >= 0.3 is 7.12 Å². The highest BCUT2D eigenvalue weighted by atomic mass is 19.1. The van der Waals surface area contributed by atoms with Crippen LogP contribution in [0.25, 0.3) is 0 Å². The van der Waals surface area contributed by atoms with Crippen LogP contribution in [0.4, 0.5) is 4.39 Å². The minimum absolute atomic E-state index is 0.152. The van der Waals surface area contributed by atoms with E-state index in [0.717, 1.165) is 0 Å². The number of hydrogen-bond acceptors (Lipinski definition) is 4. The molecule has 4 nitrogen and oxygen atoms in total. The van der Waals surface area contributed by atoms with Crippen molar-refractivity contribution in [2.24, 2.45) is 0 Å². The number of ether oxygens (including phenoxy) is 2. The van der Waals surface area contributed by atoms with Crippen molar-refractivity contribution >= 4 is 12.6 Å². The molecule has 21 heavy (non-hydrogen) atoms. The third-order valence-corrected chi connectivity index (χ3v) is 4.38. The van der Waals surface area contributed by atoms with Gasteiger partial charge in [-0.1, -0.05) is 0 Å². The molecule has 6 heteroatoms. The molecule has 0 radical (unpaired) electrons. The molecule has 0 bridgehead atoms. The molecular formula is C15H22BFO4. The lowest BCUT2D eigenvalue weighted by Gasteiger charge is -2.32. The van der Waals surface area contributed by atoms with E-state index in [1.54, 1.807) is 13.0 Å². The highest BCUT2D eigenvalue weighted by Crippen LogP contribution is 2.38. The Bertz CT molecular complexity index is 541. The molecule has 1 fully saturated rings. The molecule has 0 N–H and O–H groups in total. The molecule has 0 aliphatic carbocycles. The smallest absolute Gasteiger partial charge is 0.496 e. The van der Waals surface area contributed by atoms with E-state index >= 15 is 0 Å². The summed E-state index contributed by atoms with van der Waals surface area (Å²) in [5.74, 6) is 0.214. The summed E-state index contributed by atoms with van der Waals surface area (Å²) in [6.45, 7) is 9.44. The Morgan fingerprint density at radius 1 is 1.05 bits per heavy atom. The maximum absolute atomic E-state index is 14.7. The summed E-state index contributed by atoms with van der Waals surface area (Å²) in [6, 6.07) is 1.61. The van der Waals surface area contributed by atoms with E-state index in [9.17, 15) is 4.39 Å². The predicted molar refractivity (Wildman–Crippen MR) is 80.0 cm³/mol. The summed E-state index contributed by atoms with van der Waals surface area (Å²) in [5, 5.41) is 0. The van der Waals surface area contributed by atoms with Crippen LogP contribution in [-0.4, -0.2) is 32.5 Å². The normalized spacial score (nSPS) is 19.7. The lowest BCUT2D eigenvalue weighted by atomic mass is 9.77. The number of rotatable bonds is 3. The first-order valence-corrected chi connectivity index (χ1v) is 6.91. The molecule has 0 saturated carbocycles. The van der Waals surface area contributed by atoms with Gasteiger partial charge in [0.05, 0.1) is 25.4 Å². The molecule has 1 saturated heterocycles. The third kappa shape index (κ3) is 2.51. The maximum Gasteiger partial charge on any atom is 0.498 e. The maximum atomic E-state index is 14.7. The second-order valence-corrected chi connectivity index (χ2v) is 6.23. The van der Waals surface area contributed by atoms with Crippen LogP contribution >= 0.6 is 0 Å². The Kier molecular flexibility index (Phi) is 3.97. The fourth-order valence-corrected chi connectivity index (χ4v) is 2.32. The van der Waals surface area contributed by atoms with Crippen molar-refractivity contribution in [2.75, 3.05) is 14.2 Å². The second-order valence-electron chi connectivity index (χ2n) is 6.23. The van der Waals surface area contributed by atoms with E-state index in [2.05, 4.69) is 0 Å². The van der Waals surface area contributed by atoms with E-state index in [-0.39, 0.29) is 11.2 Å². The summed E-state index contributed by atoms with van der Waals surface area (Å²) >= 11 is 0. The molecule has 0 spiro atoms. The molecule has 0 aromatic heterocycles. The van der Waals surface area contributed by atoms with Crippen LogP contribution in [0.1, 0.15) is 33.3 Å². The van der Waals surface area contributed by atoms with Gasteiger partial charge in [-0.3, -0.25) is 0 Å². The SMILES string of the molecule is COc1cc(B2OC(C)(C)C(C)(C)O2)c(F)c(OC)c1C. The molecule has 1 aromatic rings. The van der Waals surface area contributed by atoms with Gasteiger partial charge in [0.25, 0.3) is 0 Å². The Labute approximate surface area is 125 Å². The van der Waals surface area contributed by atoms with Gasteiger partial charge in [-0.2, -0.15) is 0 Å². The van der Waals surface area contributed by atoms with E-state index < -0.39 is 24.1 Å². The third-order valence-electron chi connectivity index (χ3n) is 4.38. The fourth-order valence-electron chi connectivity index (χ4n) is 2.32. The topological polar surface area (TPSA) is 36.9 Å². The number of hydrogen-bond donors (Lipinski definition) is 0. The van der Waals surface area contributed by atoms with Crippen LogP contribution in [0.15, 0.2) is 6.07 Å². The van der Waals surface area contributed by atoms with Gasteiger partial charge in [0, 0.05) is 11.0 Å². The van der Waals surface area contributed by atoms with E-state index in [0.29, 0.717) is 11.3 Å². The molecule has 1 aliphatic heterocycles. The predicted octanol–water partition coefficient (Wildman–Crippen LogP) is 2.45. The van der Waals surface area contributed by atoms with Crippen LogP contribution in [0.3, 0.4) is 0 Å². The lowest BCUT2D eigenvalue weighted by molar-refractivity contribution is 0.00578. The molecule has 2 rings (SSSR count). The van der Waals surface area contributed by atoms with Crippen molar-refractivity contribution in [2.45, 2.75) is 45.8 Å². The molecule has 0 amide bonds. The standard InChI is InChI=1S/C15H22BFO4/c1-9-11(18-6)8-10(12(17)13(9)19-7)16-20-14(2,3)15(4,5)21-16/h8H,1-7H3. The molecular weight excluding hydrogens is 274 g/mol. The van der Waals surface area contributed by atoms with Crippen LogP contribution < -0.4 is 14.9 Å². The van der Waals surface area contributed by atoms with E-state index in [1.807, 2.05) is 27.7 Å². The van der Waals surface area contributed by atoms with Crippen LogP contribution in [0.5, 0.6) is 11.5 Å². The van der Waals surface area contributed by atoms with Crippen molar-refractivity contribution in [3.8, 4) is 11.5 Å². The van der Waals surface area contributed by atoms with Crippen LogP contribution in [0.2, 0.25) is 0 Å². The highest BCUT2D eigenvalue weighted by molar-refractivity contribution is 6.62. The summed E-state index contributed by atoms with van der Waals surface area (Å²) in [4.78, 5) is 0. The average Bonchev–Trinajstić information content (AvgIpc) is 2.59. The largest absolute Gasteiger partial charge is 0.498 e. The van der Waals surface area contributed by atoms with Crippen molar-refractivity contribution in [3.05, 3.63) is 17.4 Å². The highest BCUT2D eigenvalue weighted by Gasteiger charge is 2.52. The van der Waals surface area contributed by atoms with E-state index in [1.165, 1.54) is 14.2 Å². The molecule has 0 unspecified atom stereocenters. The first-order chi connectivity index (χ1) is 9.64. The van der Waals surface area contributed by atoms with Gasteiger partial charge in [-0.15, -0.1) is 0 Å². The average molecular weight is 296 g/mol. The molecule has 1 aromatic carbocycles. The lowest BCUT2D eigenvalue weighted by Crippen LogP contribution is -2.41. The summed E-state index contributed by atoms with van der Waals surface area (Å²) < 4.78 is 36.9. The number of methoxy groups -OCH3 is 2. The van der Waals surface area contributed by atoms with Gasteiger partial charge in [0.15, 0.2) is 11.6 Å². The van der Waals surface area contributed by atoms with Crippen molar-refractivity contribution in [1.82, 2.24) is 0 Å². The van der Waals surface area contributed by atoms with Gasteiger partial charge < -0.3 is 18.8 Å². The van der Waals surface area contributed by atoms with Gasteiger partial charge in [-0.05, 0) is 40.7 Å². The molecule has 0 atom stereocenters. The molecule has 1 aliphatic rings. The Morgan fingerprint density at radius 2 is 1.57 bits per heavy atom. The Morgan fingerprint density at radius 3 is 2.00 bits per heavy atom. The van der Waals surface area contributed by atoms with Gasteiger partial charge in [-0.25, -0.2) is 4.39 Å². The summed E-state index contributed by atoms with van der Waals surface area (Å²) in [7, 11) is 2.17. The van der Waals surface area contributed by atoms with Crippen molar-refractivity contribution < 1.29 is 23.2 Å². The number of halogens is 1. The molecule has 116 valence electrons. The first-order valence-electron chi connectivity index (χ1n) is 6.91. The minimum Gasteiger partial charge on any atom is -0.496 e. The van der Waals surface area contributed by atoms with Gasteiger partial charge in [0.2, 0.25) is 0 Å². The fraction of sp³-hybridized carbons (Fsp3) is 0.600. The zero-order valence-corrected chi connectivity index (χ0v) is 13.7. The van der Waals surface area contributed by atoms with Crippen LogP contribution in [0, 0.1) is 12.7 Å². The Hall–Kier alpha value is -1.27. The van der Waals surface area contributed by atoms with E-state index in [4.69, 9.17) is 18.8 Å². The molecule has 1 heterocycles. The minimum atomic E-state index is -0.793. The van der Waals surface area contributed by atoms with Crippen molar-refractivity contribution in [1.29, 1.82) is 0 Å². The van der Waals surface area contributed by atoms with Crippen molar-refractivity contribution in [3.63, 3.8) is 0 Å². The summed E-state index contributed by atoms with van der Waals surface area (Å²) in [6.07, 6.45) is 0. The zero-order valence-electron chi connectivity index (χ0n) is 13.7.